The highest BCUT2D eigenvalue weighted by Crippen LogP contribution is 2.47. The summed E-state index contributed by atoms with van der Waals surface area (Å²) < 4.78 is 0. The summed E-state index contributed by atoms with van der Waals surface area (Å²) in [5, 5.41) is 3.43. The number of fused-ring (bicyclic) bond motifs is 3. The molecular formula is C24H21N3O2. The van der Waals surface area contributed by atoms with Crippen molar-refractivity contribution in [2.45, 2.75) is 19.1 Å². The number of para-hydroxylation sites is 2. The highest BCUT2D eigenvalue weighted by Gasteiger charge is 2.58. The molecule has 0 aliphatic carbocycles. The second-order valence-corrected chi connectivity index (χ2v) is 7.64. The van der Waals surface area contributed by atoms with E-state index in [2.05, 4.69) is 5.32 Å². The molecule has 1 N–H and O–H groups in total. The number of amides is 2. The van der Waals surface area contributed by atoms with Crippen molar-refractivity contribution in [2.24, 2.45) is 0 Å². The fourth-order valence-corrected chi connectivity index (χ4v) is 4.33. The minimum atomic E-state index is -1.26. The quantitative estimate of drug-likeness (QED) is 0.730. The number of likely N-dealkylation sites (N-methyl/N-ethyl adjacent to an activating group) is 1. The van der Waals surface area contributed by atoms with Gasteiger partial charge in [-0.2, -0.15) is 0 Å². The summed E-state index contributed by atoms with van der Waals surface area (Å²) in [4.78, 5) is 30.5. The molecule has 5 rings (SSSR count). The van der Waals surface area contributed by atoms with E-state index in [1.165, 1.54) is 0 Å². The first-order valence-electron chi connectivity index (χ1n) is 9.65. The fraction of sp³-hybridized carbons (Fsp3) is 0.167. The predicted molar refractivity (Wildman–Crippen MR) is 113 cm³/mol. The maximum Gasteiger partial charge on any atom is 0.278 e. The molecule has 0 aromatic heterocycles. The van der Waals surface area contributed by atoms with Gasteiger partial charge in [-0.1, -0.05) is 60.2 Å². The van der Waals surface area contributed by atoms with E-state index >= 15 is 0 Å². The predicted octanol–water partition coefficient (Wildman–Crippen LogP) is 3.89. The Hall–Kier alpha value is -3.60. The Kier molecular flexibility index (Phi) is 3.74. The zero-order valence-corrected chi connectivity index (χ0v) is 16.3. The highest BCUT2D eigenvalue weighted by atomic mass is 16.2. The molecule has 0 radical (unpaired) electrons. The summed E-state index contributed by atoms with van der Waals surface area (Å²) in [5.41, 5.74) is 3.72. The van der Waals surface area contributed by atoms with E-state index in [9.17, 15) is 9.59 Å². The zero-order chi connectivity index (χ0) is 20.2. The van der Waals surface area contributed by atoms with Gasteiger partial charge in [0.05, 0.1) is 11.3 Å². The minimum Gasteiger partial charge on any atom is -0.350 e. The summed E-state index contributed by atoms with van der Waals surface area (Å²) in [5.74, 6) is -0.313. The number of hydrogen-bond acceptors (Lipinski definition) is 3. The van der Waals surface area contributed by atoms with E-state index in [1.807, 2.05) is 73.7 Å². The van der Waals surface area contributed by atoms with E-state index in [-0.39, 0.29) is 11.8 Å². The SMILES string of the molecule is Cc1ccc(CN2C(=O)c3ccccc3NC23C(=O)N(C)c2ccccc23)cc1. The molecule has 5 heteroatoms. The lowest BCUT2D eigenvalue weighted by atomic mass is 9.92. The molecule has 0 saturated heterocycles. The molecule has 0 saturated carbocycles. The number of nitrogens with zero attached hydrogens (tertiary/aromatic N) is 2. The molecule has 2 heterocycles. The lowest BCUT2D eigenvalue weighted by molar-refractivity contribution is -0.127. The lowest BCUT2D eigenvalue weighted by Crippen LogP contribution is -2.61. The topological polar surface area (TPSA) is 52.7 Å². The van der Waals surface area contributed by atoms with Gasteiger partial charge in [0.2, 0.25) is 5.66 Å². The number of carbonyl (C=O) groups excluding carboxylic acids is 2. The first kappa shape index (κ1) is 17.5. The number of carbonyl (C=O) groups is 2. The summed E-state index contributed by atoms with van der Waals surface area (Å²) in [6.07, 6.45) is 0. The van der Waals surface area contributed by atoms with Crippen LogP contribution in [0.5, 0.6) is 0 Å². The zero-order valence-electron chi connectivity index (χ0n) is 16.3. The van der Waals surface area contributed by atoms with Crippen LogP contribution in [0.2, 0.25) is 0 Å². The number of benzene rings is 3. The number of rotatable bonds is 2. The van der Waals surface area contributed by atoms with E-state index in [1.54, 1.807) is 22.9 Å². The van der Waals surface area contributed by atoms with Gasteiger partial charge in [0, 0.05) is 24.8 Å². The molecule has 2 aliphatic rings. The van der Waals surface area contributed by atoms with Crippen LogP contribution in [-0.4, -0.2) is 23.8 Å². The van der Waals surface area contributed by atoms with Gasteiger partial charge in [-0.3, -0.25) is 14.5 Å². The Bertz CT molecular complexity index is 1140. The van der Waals surface area contributed by atoms with E-state index in [0.29, 0.717) is 17.8 Å². The molecule has 2 aliphatic heterocycles. The Balaban J connectivity index is 1.72. The molecule has 1 unspecified atom stereocenters. The molecule has 3 aromatic carbocycles. The van der Waals surface area contributed by atoms with Crippen LogP contribution in [0.1, 0.15) is 27.0 Å². The van der Waals surface area contributed by atoms with Crippen LogP contribution in [0.25, 0.3) is 0 Å². The van der Waals surface area contributed by atoms with Crippen LogP contribution in [0.4, 0.5) is 11.4 Å². The summed E-state index contributed by atoms with van der Waals surface area (Å²) >= 11 is 0. The molecule has 1 atom stereocenters. The van der Waals surface area contributed by atoms with Crippen molar-refractivity contribution < 1.29 is 9.59 Å². The second kappa shape index (κ2) is 6.21. The number of aryl methyl sites for hydroxylation is 1. The maximum absolute atomic E-state index is 13.6. The van der Waals surface area contributed by atoms with Crippen molar-refractivity contribution in [3.63, 3.8) is 0 Å². The van der Waals surface area contributed by atoms with Gasteiger partial charge >= 0.3 is 0 Å². The summed E-state index contributed by atoms with van der Waals surface area (Å²) in [7, 11) is 1.76. The Morgan fingerprint density at radius 3 is 2.38 bits per heavy atom. The molecule has 5 nitrogen and oxygen atoms in total. The highest BCUT2D eigenvalue weighted by molar-refractivity contribution is 6.15. The van der Waals surface area contributed by atoms with Gasteiger partial charge in [0.1, 0.15) is 0 Å². The number of nitrogens with one attached hydrogen (secondary N) is 1. The molecule has 0 bridgehead atoms. The minimum absolute atomic E-state index is 0.154. The molecule has 0 fully saturated rings. The molecule has 144 valence electrons. The summed E-state index contributed by atoms with van der Waals surface area (Å²) in [6.45, 7) is 2.36. The van der Waals surface area contributed by atoms with Crippen LogP contribution in [0.15, 0.2) is 72.8 Å². The van der Waals surface area contributed by atoms with Gasteiger partial charge in [-0.05, 0) is 30.7 Å². The van der Waals surface area contributed by atoms with E-state index < -0.39 is 5.66 Å². The second-order valence-electron chi connectivity index (χ2n) is 7.64. The van der Waals surface area contributed by atoms with Gasteiger partial charge in [0.15, 0.2) is 0 Å². The fourth-order valence-electron chi connectivity index (χ4n) is 4.33. The van der Waals surface area contributed by atoms with Crippen molar-refractivity contribution in [2.75, 3.05) is 17.3 Å². The molecule has 3 aromatic rings. The van der Waals surface area contributed by atoms with Crippen LogP contribution in [0.3, 0.4) is 0 Å². The smallest absolute Gasteiger partial charge is 0.278 e. The van der Waals surface area contributed by atoms with Gasteiger partial charge in [0.25, 0.3) is 11.8 Å². The number of hydrogen-bond donors (Lipinski definition) is 1. The molecule has 2 amide bonds. The monoisotopic (exact) mass is 383 g/mol. The van der Waals surface area contributed by atoms with Crippen LogP contribution < -0.4 is 10.2 Å². The van der Waals surface area contributed by atoms with Gasteiger partial charge < -0.3 is 10.2 Å². The first-order chi connectivity index (χ1) is 14.0. The largest absolute Gasteiger partial charge is 0.350 e. The summed E-state index contributed by atoms with van der Waals surface area (Å²) in [6, 6.07) is 23.1. The third-order valence-corrected chi connectivity index (χ3v) is 5.85. The van der Waals surface area contributed by atoms with Crippen molar-refractivity contribution in [3.8, 4) is 0 Å². The van der Waals surface area contributed by atoms with E-state index in [4.69, 9.17) is 0 Å². The van der Waals surface area contributed by atoms with Gasteiger partial charge in [-0.15, -0.1) is 0 Å². The Morgan fingerprint density at radius 1 is 0.897 bits per heavy atom. The normalized spacial score (nSPS) is 19.9. The third-order valence-electron chi connectivity index (χ3n) is 5.85. The van der Waals surface area contributed by atoms with Crippen molar-refractivity contribution in [1.82, 2.24) is 4.90 Å². The number of anilines is 2. The van der Waals surface area contributed by atoms with Gasteiger partial charge in [-0.25, -0.2) is 0 Å². The Labute approximate surface area is 169 Å². The Morgan fingerprint density at radius 2 is 1.59 bits per heavy atom. The maximum atomic E-state index is 13.6. The van der Waals surface area contributed by atoms with Crippen LogP contribution >= 0.6 is 0 Å². The lowest BCUT2D eigenvalue weighted by Gasteiger charge is -2.45. The molecule has 1 spiro atoms. The molecular weight excluding hydrogens is 362 g/mol. The standard InChI is InChI=1S/C24H21N3O2/c1-16-11-13-17(14-12-16)15-27-22(28)18-7-3-5-9-20(18)25-24(27)19-8-4-6-10-21(19)26(2)23(24)29/h3-14,25H,15H2,1-2H3. The van der Waals surface area contributed by atoms with E-state index in [0.717, 1.165) is 22.4 Å². The third kappa shape index (κ3) is 2.40. The average molecular weight is 383 g/mol. The van der Waals surface area contributed by atoms with Crippen molar-refractivity contribution in [1.29, 1.82) is 0 Å². The average Bonchev–Trinajstić information content (AvgIpc) is 2.95. The first-order valence-corrected chi connectivity index (χ1v) is 9.65. The molecule has 29 heavy (non-hydrogen) atoms. The van der Waals surface area contributed by atoms with Crippen molar-refractivity contribution in [3.05, 3.63) is 95.1 Å². The van der Waals surface area contributed by atoms with Crippen LogP contribution in [0, 0.1) is 6.92 Å². The van der Waals surface area contributed by atoms with Crippen LogP contribution in [-0.2, 0) is 17.0 Å². The van der Waals surface area contributed by atoms with Crippen molar-refractivity contribution >= 4 is 23.2 Å².